The smallest absolute Gasteiger partial charge is 0.325 e. The third-order valence-corrected chi connectivity index (χ3v) is 5.00. The summed E-state index contributed by atoms with van der Waals surface area (Å²) < 4.78 is 5.07. The standard InChI is InChI=1S/C21H25ClN4O3/c1-29-19-8-6-18(7-9-19)23-21(28)24-20(27)15-26-12-10-25(11-13-26)14-16-2-4-17(22)5-3-16/h2-9H,10-15H2,1H3,(H2,23,24,27,28). The third kappa shape index (κ3) is 6.74. The molecule has 1 aliphatic heterocycles. The monoisotopic (exact) mass is 416 g/mol. The highest BCUT2D eigenvalue weighted by Crippen LogP contribution is 2.15. The molecule has 0 saturated carbocycles. The first-order valence-corrected chi connectivity index (χ1v) is 9.83. The number of methoxy groups -OCH3 is 1. The van der Waals surface area contributed by atoms with E-state index in [0.29, 0.717) is 11.4 Å². The molecule has 0 aromatic heterocycles. The van der Waals surface area contributed by atoms with Crippen LogP contribution in [0.2, 0.25) is 5.02 Å². The van der Waals surface area contributed by atoms with Gasteiger partial charge in [0.15, 0.2) is 0 Å². The third-order valence-electron chi connectivity index (χ3n) is 4.75. The van der Waals surface area contributed by atoms with Crippen LogP contribution < -0.4 is 15.4 Å². The van der Waals surface area contributed by atoms with Crippen LogP contribution in [0.1, 0.15) is 5.56 Å². The minimum Gasteiger partial charge on any atom is -0.497 e. The van der Waals surface area contributed by atoms with Crippen LogP contribution in [-0.2, 0) is 11.3 Å². The quantitative estimate of drug-likeness (QED) is 0.757. The number of rotatable bonds is 6. The predicted octanol–water partition coefficient (Wildman–Crippen LogP) is 2.81. The largest absolute Gasteiger partial charge is 0.497 e. The van der Waals surface area contributed by atoms with E-state index in [0.717, 1.165) is 37.7 Å². The van der Waals surface area contributed by atoms with Crippen LogP contribution in [0.4, 0.5) is 10.5 Å². The van der Waals surface area contributed by atoms with Crippen molar-refractivity contribution in [2.24, 2.45) is 0 Å². The van der Waals surface area contributed by atoms with Gasteiger partial charge in [-0.3, -0.25) is 19.9 Å². The fourth-order valence-corrected chi connectivity index (χ4v) is 3.29. The number of imide groups is 1. The fourth-order valence-electron chi connectivity index (χ4n) is 3.16. The molecule has 2 N–H and O–H groups in total. The minimum absolute atomic E-state index is 0.199. The minimum atomic E-state index is -0.540. The molecule has 1 saturated heterocycles. The van der Waals surface area contributed by atoms with Crippen LogP contribution in [0, 0.1) is 0 Å². The number of amides is 3. The van der Waals surface area contributed by atoms with Gasteiger partial charge in [-0.25, -0.2) is 4.79 Å². The van der Waals surface area contributed by atoms with Crippen LogP contribution in [0.25, 0.3) is 0 Å². The van der Waals surface area contributed by atoms with Crippen LogP contribution in [0.3, 0.4) is 0 Å². The maximum Gasteiger partial charge on any atom is 0.325 e. The van der Waals surface area contributed by atoms with Crippen LogP contribution >= 0.6 is 11.6 Å². The highest BCUT2D eigenvalue weighted by molar-refractivity contribution is 6.30. The average molecular weight is 417 g/mol. The molecule has 8 heteroatoms. The summed E-state index contributed by atoms with van der Waals surface area (Å²) in [5.41, 5.74) is 1.81. The van der Waals surface area contributed by atoms with E-state index in [9.17, 15) is 9.59 Å². The SMILES string of the molecule is COc1ccc(NC(=O)NC(=O)CN2CCN(Cc3ccc(Cl)cc3)CC2)cc1. The van der Waals surface area contributed by atoms with Gasteiger partial charge in [-0.15, -0.1) is 0 Å². The maximum atomic E-state index is 12.2. The van der Waals surface area contributed by atoms with E-state index in [4.69, 9.17) is 16.3 Å². The Hall–Kier alpha value is -2.61. The van der Waals surface area contributed by atoms with Crippen molar-refractivity contribution < 1.29 is 14.3 Å². The number of halogens is 1. The van der Waals surface area contributed by atoms with Gasteiger partial charge in [0.1, 0.15) is 5.75 Å². The number of hydrogen-bond donors (Lipinski definition) is 2. The zero-order chi connectivity index (χ0) is 20.6. The van der Waals surface area contributed by atoms with E-state index < -0.39 is 6.03 Å². The van der Waals surface area contributed by atoms with Crippen molar-refractivity contribution in [2.45, 2.75) is 6.54 Å². The number of anilines is 1. The fraction of sp³-hybridized carbons (Fsp3) is 0.333. The summed E-state index contributed by atoms with van der Waals surface area (Å²) in [6.45, 7) is 4.36. The second kappa shape index (κ2) is 10.2. The summed E-state index contributed by atoms with van der Waals surface area (Å²) in [5, 5.41) is 5.75. The molecule has 0 bridgehead atoms. The second-order valence-electron chi connectivity index (χ2n) is 6.91. The molecule has 3 amide bonds. The van der Waals surface area contributed by atoms with Crippen LogP contribution in [0.5, 0.6) is 5.75 Å². The van der Waals surface area contributed by atoms with E-state index in [1.165, 1.54) is 5.56 Å². The Labute approximate surface area is 175 Å². The Morgan fingerprint density at radius 1 is 0.966 bits per heavy atom. The number of hydrogen-bond acceptors (Lipinski definition) is 5. The zero-order valence-electron chi connectivity index (χ0n) is 16.4. The molecule has 154 valence electrons. The average Bonchev–Trinajstić information content (AvgIpc) is 2.71. The van der Waals surface area contributed by atoms with Gasteiger partial charge in [0, 0.05) is 43.4 Å². The predicted molar refractivity (Wildman–Crippen MR) is 113 cm³/mol. The van der Waals surface area contributed by atoms with Crippen molar-refractivity contribution >= 4 is 29.2 Å². The van der Waals surface area contributed by atoms with Gasteiger partial charge in [0.2, 0.25) is 5.91 Å². The lowest BCUT2D eigenvalue weighted by molar-refractivity contribution is -0.121. The molecule has 0 radical (unpaired) electrons. The molecule has 0 unspecified atom stereocenters. The van der Waals surface area contributed by atoms with Crippen molar-refractivity contribution in [1.29, 1.82) is 0 Å². The molecular formula is C21H25ClN4O3. The first kappa shape index (κ1) is 21.1. The zero-order valence-corrected chi connectivity index (χ0v) is 17.1. The summed E-state index contributed by atoms with van der Waals surface area (Å²) in [6, 6.07) is 14.2. The van der Waals surface area contributed by atoms with E-state index in [1.54, 1.807) is 31.4 Å². The number of nitrogens with one attached hydrogen (secondary N) is 2. The lowest BCUT2D eigenvalue weighted by Crippen LogP contribution is -2.50. The summed E-state index contributed by atoms with van der Waals surface area (Å²) in [6.07, 6.45) is 0. The van der Waals surface area contributed by atoms with Crippen LogP contribution in [0.15, 0.2) is 48.5 Å². The first-order chi connectivity index (χ1) is 14.0. The molecule has 1 aliphatic rings. The van der Waals surface area contributed by atoms with Gasteiger partial charge in [-0.05, 0) is 42.0 Å². The number of carbonyl (C=O) groups is 2. The molecular weight excluding hydrogens is 392 g/mol. The number of benzene rings is 2. The molecule has 1 fully saturated rings. The topological polar surface area (TPSA) is 73.9 Å². The van der Waals surface area contributed by atoms with E-state index >= 15 is 0 Å². The van der Waals surface area contributed by atoms with Gasteiger partial charge in [0.25, 0.3) is 0 Å². The van der Waals surface area contributed by atoms with Crippen LogP contribution in [-0.4, -0.2) is 61.6 Å². The normalized spacial score (nSPS) is 15.0. The number of carbonyl (C=O) groups excluding carboxylic acids is 2. The highest BCUT2D eigenvalue weighted by atomic mass is 35.5. The van der Waals surface area contributed by atoms with Crippen molar-refractivity contribution in [3.05, 3.63) is 59.1 Å². The van der Waals surface area contributed by atoms with E-state index in [2.05, 4.69) is 15.5 Å². The number of ether oxygens (including phenoxy) is 1. The first-order valence-electron chi connectivity index (χ1n) is 9.46. The van der Waals surface area contributed by atoms with Gasteiger partial charge in [-0.2, -0.15) is 0 Å². The lowest BCUT2D eigenvalue weighted by atomic mass is 10.2. The van der Waals surface area contributed by atoms with Gasteiger partial charge >= 0.3 is 6.03 Å². The Kier molecular flexibility index (Phi) is 7.46. The molecule has 2 aromatic carbocycles. The molecule has 2 aromatic rings. The summed E-state index contributed by atoms with van der Waals surface area (Å²) >= 11 is 5.92. The van der Waals surface area contributed by atoms with E-state index in [1.807, 2.05) is 29.2 Å². The summed E-state index contributed by atoms with van der Waals surface area (Å²) in [4.78, 5) is 28.5. The van der Waals surface area contributed by atoms with Gasteiger partial charge in [-0.1, -0.05) is 23.7 Å². The maximum absolute atomic E-state index is 12.2. The van der Waals surface area contributed by atoms with Crippen molar-refractivity contribution in [3.63, 3.8) is 0 Å². The highest BCUT2D eigenvalue weighted by Gasteiger charge is 2.20. The van der Waals surface area contributed by atoms with Gasteiger partial charge in [0.05, 0.1) is 13.7 Å². The number of urea groups is 1. The molecule has 0 atom stereocenters. The van der Waals surface area contributed by atoms with Gasteiger partial charge < -0.3 is 10.1 Å². The lowest BCUT2D eigenvalue weighted by Gasteiger charge is -2.34. The number of piperazine rings is 1. The Balaban J connectivity index is 1.37. The molecule has 3 rings (SSSR count). The van der Waals surface area contributed by atoms with E-state index in [-0.39, 0.29) is 12.5 Å². The summed E-state index contributed by atoms with van der Waals surface area (Å²) in [7, 11) is 1.57. The molecule has 7 nitrogen and oxygen atoms in total. The Morgan fingerprint density at radius 3 is 2.21 bits per heavy atom. The van der Waals surface area contributed by atoms with Crippen molar-refractivity contribution in [3.8, 4) is 5.75 Å². The Bertz CT molecular complexity index is 819. The molecule has 0 spiro atoms. The number of nitrogens with zero attached hydrogens (tertiary/aromatic N) is 2. The molecule has 1 heterocycles. The summed E-state index contributed by atoms with van der Waals surface area (Å²) in [5.74, 6) is 0.379. The van der Waals surface area contributed by atoms with Crippen molar-refractivity contribution in [2.75, 3.05) is 45.2 Å². The van der Waals surface area contributed by atoms with Crippen molar-refractivity contribution in [1.82, 2.24) is 15.1 Å². The molecule has 0 aliphatic carbocycles. The Morgan fingerprint density at radius 2 is 1.59 bits per heavy atom. The molecule has 29 heavy (non-hydrogen) atoms. The second-order valence-corrected chi connectivity index (χ2v) is 7.35.